The van der Waals surface area contributed by atoms with Crippen LogP contribution < -0.4 is 24.0 Å². The molecule has 0 saturated carbocycles. The molecule has 1 atom stereocenters. The minimum absolute atomic E-state index is 0. The maximum atomic E-state index is 9.98. The number of rotatable bonds is 17. The summed E-state index contributed by atoms with van der Waals surface area (Å²) in [6.45, 7) is 3.35. The lowest BCUT2D eigenvalue weighted by Gasteiger charge is -2.25. The summed E-state index contributed by atoms with van der Waals surface area (Å²) in [5, 5.41) is 9.98. The van der Waals surface area contributed by atoms with Crippen molar-refractivity contribution < 1.29 is 33.6 Å². The zero-order valence-corrected chi connectivity index (χ0v) is 19.3. The number of hydrogen-bond donors (Lipinski definition) is 1. The summed E-state index contributed by atoms with van der Waals surface area (Å²) >= 11 is 0. The lowest BCUT2D eigenvalue weighted by molar-refractivity contribution is -0.870. The van der Waals surface area contributed by atoms with Gasteiger partial charge in [-0.2, -0.15) is 0 Å². The Morgan fingerprint density at radius 2 is 1.00 bits per heavy atom. The second-order valence-corrected chi connectivity index (χ2v) is 8.49. The van der Waals surface area contributed by atoms with Crippen molar-refractivity contribution in [3.8, 4) is 0 Å². The third kappa shape index (κ3) is 22.6. The van der Waals surface area contributed by atoms with Crippen LogP contribution in [0.5, 0.6) is 0 Å². The van der Waals surface area contributed by atoms with E-state index in [-0.39, 0.29) is 30.1 Å². The number of unbranched alkanes of at least 4 members (excludes halogenated alkanes) is 12. The Morgan fingerprint density at radius 3 is 1.38 bits per heavy atom. The van der Waals surface area contributed by atoms with E-state index in [0.717, 1.165) is 23.9 Å². The van der Waals surface area contributed by atoms with Gasteiger partial charge in [0.2, 0.25) is 0 Å². The fraction of sp³-hybridized carbons (Fsp3) is 1.00. The Morgan fingerprint density at radius 1 is 0.625 bits per heavy atom. The van der Waals surface area contributed by atoms with E-state index in [1.165, 1.54) is 83.5 Å². The standard InChI is InChI=1S/C21H46NO.HI/c1-5-6-7-8-9-10-11-12-13-14-15-16-17-18-21(23)19-20-22(2,3)4;/h21,23H,5-20H2,1-4H3;1H/q+1;/p-1. The molecule has 0 aliphatic rings. The minimum Gasteiger partial charge on any atom is -1.00 e. The van der Waals surface area contributed by atoms with Crippen LogP contribution in [-0.4, -0.2) is 43.4 Å². The Bertz CT molecular complexity index is 240. The fourth-order valence-electron chi connectivity index (χ4n) is 3.08. The van der Waals surface area contributed by atoms with Crippen molar-refractivity contribution in [2.45, 2.75) is 109 Å². The molecular weight excluding hydrogens is 409 g/mol. The highest BCUT2D eigenvalue weighted by molar-refractivity contribution is 4.56. The molecule has 2 nitrogen and oxygen atoms in total. The third-order valence-corrected chi connectivity index (χ3v) is 4.77. The Hall–Kier alpha value is 0.650. The smallest absolute Gasteiger partial charge is 0.0805 e. The van der Waals surface area contributed by atoms with Gasteiger partial charge in [0, 0.05) is 6.42 Å². The van der Waals surface area contributed by atoms with Gasteiger partial charge in [0.05, 0.1) is 33.8 Å². The van der Waals surface area contributed by atoms with E-state index in [9.17, 15) is 5.11 Å². The van der Waals surface area contributed by atoms with Crippen molar-refractivity contribution in [2.75, 3.05) is 27.7 Å². The third-order valence-electron chi connectivity index (χ3n) is 4.77. The van der Waals surface area contributed by atoms with Gasteiger partial charge in [0.1, 0.15) is 0 Å². The van der Waals surface area contributed by atoms with Crippen LogP contribution in [0.3, 0.4) is 0 Å². The molecule has 0 aromatic rings. The largest absolute Gasteiger partial charge is 1.00 e. The van der Waals surface area contributed by atoms with E-state index in [0.29, 0.717) is 0 Å². The van der Waals surface area contributed by atoms with E-state index >= 15 is 0 Å². The molecule has 0 rings (SSSR count). The summed E-state index contributed by atoms with van der Waals surface area (Å²) in [6.07, 6.45) is 20.0. The molecule has 0 heterocycles. The van der Waals surface area contributed by atoms with Gasteiger partial charge in [-0.25, -0.2) is 0 Å². The molecule has 0 aliphatic heterocycles. The van der Waals surface area contributed by atoms with Crippen molar-refractivity contribution in [3.05, 3.63) is 0 Å². The van der Waals surface area contributed by atoms with E-state index in [2.05, 4.69) is 28.1 Å². The van der Waals surface area contributed by atoms with Gasteiger partial charge < -0.3 is 33.6 Å². The molecule has 0 saturated heterocycles. The SMILES string of the molecule is CCCCCCCCCCCCCCCC(O)CC[N+](C)(C)C.[I-]. The number of aliphatic hydroxyl groups excluding tert-OH is 1. The van der Waals surface area contributed by atoms with Crippen molar-refractivity contribution in [1.82, 2.24) is 0 Å². The molecule has 24 heavy (non-hydrogen) atoms. The topological polar surface area (TPSA) is 20.2 Å². The van der Waals surface area contributed by atoms with Crippen molar-refractivity contribution >= 4 is 0 Å². The molecule has 0 spiro atoms. The second-order valence-electron chi connectivity index (χ2n) is 8.49. The monoisotopic (exact) mass is 455 g/mol. The van der Waals surface area contributed by atoms with Gasteiger partial charge in [-0.3, -0.25) is 0 Å². The maximum Gasteiger partial charge on any atom is 0.0805 e. The van der Waals surface area contributed by atoms with E-state index < -0.39 is 0 Å². The average molecular weight is 456 g/mol. The number of nitrogens with zero attached hydrogens (tertiary/aromatic N) is 1. The van der Waals surface area contributed by atoms with Gasteiger partial charge in [-0.15, -0.1) is 0 Å². The average Bonchev–Trinajstić information content (AvgIpc) is 2.49. The number of aliphatic hydroxyl groups is 1. The van der Waals surface area contributed by atoms with Gasteiger partial charge >= 0.3 is 0 Å². The minimum atomic E-state index is -0.0833. The molecule has 1 N–H and O–H groups in total. The van der Waals surface area contributed by atoms with Crippen LogP contribution in [0, 0.1) is 0 Å². The first-order valence-corrected chi connectivity index (χ1v) is 10.4. The Labute approximate surface area is 170 Å². The molecular formula is C21H46INO. The fourth-order valence-corrected chi connectivity index (χ4v) is 3.08. The quantitative estimate of drug-likeness (QED) is 0.203. The molecule has 0 bridgehead atoms. The van der Waals surface area contributed by atoms with Crippen molar-refractivity contribution in [3.63, 3.8) is 0 Å². The van der Waals surface area contributed by atoms with Crippen LogP contribution in [-0.2, 0) is 0 Å². The summed E-state index contributed by atoms with van der Waals surface area (Å²) < 4.78 is 0.954. The van der Waals surface area contributed by atoms with Gasteiger partial charge in [-0.1, -0.05) is 90.4 Å². The van der Waals surface area contributed by atoms with Crippen LogP contribution in [0.1, 0.15) is 103 Å². The molecule has 0 fully saturated rings. The first-order valence-electron chi connectivity index (χ1n) is 10.4. The maximum absolute atomic E-state index is 9.98. The highest BCUT2D eigenvalue weighted by Gasteiger charge is 2.11. The molecule has 0 aromatic heterocycles. The van der Waals surface area contributed by atoms with Gasteiger partial charge in [0.25, 0.3) is 0 Å². The summed E-state index contributed by atoms with van der Waals surface area (Å²) in [6, 6.07) is 0. The number of halogens is 1. The highest BCUT2D eigenvalue weighted by atomic mass is 127. The Balaban J connectivity index is 0. The summed E-state index contributed by atoms with van der Waals surface area (Å²) in [4.78, 5) is 0. The zero-order valence-electron chi connectivity index (χ0n) is 17.2. The summed E-state index contributed by atoms with van der Waals surface area (Å²) in [5.41, 5.74) is 0. The summed E-state index contributed by atoms with van der Waals surface area (Å²) in [5.74, 6) is 0. The normalized spacial score (nSPS) is 12.9. The van der Waals surface area contributed by atoms with E-state index in [1.807, 2.05) is 0 Å². The van der Waals surface area contributed by atoms with Crippen LogP contribution in [0.15, 0.2) is 0 Å². The lowest BCUT2D eigenvalue weighted by atomic mass is 10.0. The Kier molecular flexibility index (Phi) is 20.7. The van der Waals surface area contributed by atoms with E-state index in [4.69, 9.17) is 0 Å². The number of quaternary nitrogens is 1. The van der Waals surface area contributed by atoms with Gasteiger partial charge in [0.15, 0.2) is 0 Å². The molecule has 148 valence electrons. The van der Waals surface area contributed by atoms with Gasteiger partial charge in [-0.05, 0) is 6.42 Å². The van der Waals surface area contributed by atoms with Crippen LogP contribution in [0.25, 0.3) is 0 Å². The molecule has 0 radical (unpaired) electrons. The first kappa shape index (κ1) is 26.9. The predicted octanol–water partition coefficient (Wildman–Crippen LogP) is 2.93. The highest BCUT2D eigenvalue weighted by Crippen LogP contribution is 2.14. The van der Waals surface area contributed by atoms with Crippen LogP contribution in [0.4, 0.5) is 0 Å². The van der Waals surface area contributed by atoms with E-state index in [1.54, 1.807) is 0 Å². The number of hydrogen-bond acceptors (Lipinski definition) is 1. The van der Waals surface area contributed by atoms with Crippen molar-refractivity contribution in [2.24, 2.45) is 0 Å². The van der Waals surface area contributed by atoms with Crippen LogP contribution >= 0.6 is 0 Å². The lowest BCUT2D eigenvalue weighted by Crippen LogP contribution is -3.00. The second kappa shape index (κ2) is 18.4. The molecule has 0 aliphatic carbocycles. The molecule has 0 amide bonds. The molecule has 1 unspecified atom stereocenters. The molecule has 0 aromatic carbocycles. The van der Waals surface area contributed by atoms with Crippen LogP contribution in [0.2, 0.25) is 0 Å². The molecule has 3 heteroatoms. The van der Waals surface area contributed by atoms with Crippen molar-refractivity contribution in [1.29, 1.82) is 0 Å². The zero-order chi connectivity index (χ0) is 17.4. The predicted molar refractivity (Wildman–Crippen MR) is 104 cm³/mol. The summed E-state index contributed by atoms with van der Waals surface area (Å²) in [7, 11) is 6.58. The first-order chi connectivity index (χ1) is 11.0.